The molecule has 2 aliphatic carbocycles. The van der Waals surface area contributed by atoms with Gasteiger partial charge in [-0.3, -0.25) is 9.59 Å². The van der Waals surface area contributed by atoms with Crippen LogP contribution in [0.15, 0.2) is 35.3 Å². The van der Waals surface area contributed by atoms with Crippen LogP contribution in [0.25, 0.3) is 22.3 Å². The van der Waals surface area contributed by atoms with E-state index in [1.165, 1.54) is 11.1 Å². The van der Waals surface area contributed by atoms with Crippen molar-refractivity contribution in [1.82, 2.24) is 14.9 Å². The molecule has 2 N–H and O–H groups in total. The quantitative estimate of drug-likeness (QED) is 0.480. The highest BCUT2D eigenvalue weighted by atomic mass is 16.5. The molecule has 4 heterocycles. The van der Waals surface area contributed by atoms with Crippen LogP contribution < -0.4 is 10.9 Å². The Labute approximate surface area is 202 Å². The van der Waals surface area contributed by atoms with Gasteiger partial charge in [0.1, 0.15) is 12.7 Å². The number of amides is 1. The average Bonchev–Trinajstić information content (AvgIpc) is 3.48. The van der Waals surface area contributed by atoms with E-state index in [-0.39, 0.29) is 24.0 Å². The summed E-state index contributed by atoms with van der Waals surface area (Å²) in [7, 11) is 0. The highest BCUT2D eigenvalue weighted by Crippen LogP contribution is 2.40. The summed E-state index contributed by atoms with van der Waals surface area (Å²) >= 11 is 0. The maximum atomic E-state index is 13.4. The van der Waals surface area contributed by atoms with Gasteiger partial charge in [0.15, 0.2) is 0 Å². The molecule has 0 bridgehead atoms. The number of fused-ring (bicyclic) bond motifs is 7. The molecule has 1 atom stereocenters. The summed E-state index contributed by atoms with van der Waals surface area (Å²) in [6.07, 6.45) is 4.50. The lowest BCUT2D eigenvalue weighted by Gasteiger charge is -2.20. The smallest absolute Gasteiger partial charge is 0.258 e. The van der Waals surface area contributed by atoms with Crippen LogP contribution >= 0.6 is 0 Å². The zero-order valence-corrected chi connectivity index (χ0v) is 19.5. The first-order chi connectivity index (χ1) is 17.0. The third kappa shape index (κ3) is 3.18. The van der Waals surface area contributed by atoms with Crippen LogP contribution in [0.5, 0.6) is 0 Å². The van der Waals surface area contributed by atoms with Gasteiger partial charge in [-0.25, -0.2) is 4.98 Å². The molecule has 4 aliphatic rings. The van der Waals surface area contributed by atoms with Gasteiger partial charge < -0.3 is 19.7 Å². The number of carbonyl (C=O) groups excluding carboxylic acids is 1. The van der Waals surface area contributed by atoms with Crippen molar-refractivity contribution in [2.75, 3.05) is 0 Å². The highest BCUT2D eigenvalue weighted by molar-refractivity contribution is 5.92. The van der Waals surface area contributed by atoms with Gasteiger partial charge in [0.2, 0.25) is 5.91 Å². The number of nitrogens with one attached hydrogen (secondary N) is 1. The van der Waals surface area contributed by atoms with Crippen molar-refractivity contribution in [1.29, 1.82) is 0 Å². The fraction of sp³-hybridized carbons (Fsp3) is 0.393. The molecule has 1 amide bonds. The molecular weight excluding hydrogens is 442 g/mol. The number of aryl methyl sites for hydroxylation is 2. The number of aliphatic hydroxyl groups is 1. The molecule has 0 radical (unpaired) electrons. The standard InChI is InChI=1S/C28H27N3O4/c1-14-9-17-10-23-25-20(12-31(23)28(34)21(17)13-35-14)19(11-29-27(33)26(32)16-5-6-16)24-18-4-2-3-15(18)7-8-22(24)30-25/h7-8,10,16,26,32H,1-6,9,11-13H2,(H,29,33). The van der Waals surface area contributed by atoms with E-state index in [9.17, 15) is 14.7 Å². The fourth-order valence-electron chi connectivity index (χ4n) is 6.05. The molecule has 1 fully saturated rings. The number of ether oxygens (including phenoxy) is 1. The van der Waals surface area contributed by atoms with Crippen LogP contribution in [-0.2, 0) is 48.5 Å². The summed E-state index contributed by atoms with van der Waals surface area (Å²) in [6.45, 7) is 4.90. The maximum absolute atomic E-state index is 13.4. The van der Waals surface area contributed by atoms with Crippen LogP contribution in [0.2, 0.25) is 0 Å². The van der Waals surface area contributed by atoms with E-state index in [0.717, 1.165) is 71.1 Å². The number of hydrogen-bond acceptors (Lipinski definition) is 5. The molecule has 35 heavy (non-hydrogen) atoms. The molecule has 178 valence electrons. The van der Waals surface area contributed by atoms with Crippen molar-refractivity contribution in [2.24, 2.45) is 5.92 Å². The van der Waals surface area contributed by atoms with Gasteiger partial charge in [0.25, 0.3) is 5.56 Å². The Balaban J connectivity index is 1.39. The van der Waals surface area contributed by atoms with E-state index in [0.29, 0.717) is 30.8 Å². The summed E-state index contributed by atoms with van der Waals surface area (Å²) in [6, 6.07) is 6.29. The second-order valence-electron chi connectivity index (χ2n) is 10.3. The minimum Gasteiger partial charge on any atom is -0.493 e. The first kappa shape index (κ1) is 20.9. The van der Waals surface area contributed by atoms with Crippen LogP contribution in [0.3, 0.4) is 0 Å². The largest absolute Gasteiger partial charge is 0.493 e. The Morgan fingerprint density at radius 3 is 2.91 bits per heavy atom. The number of nitrogens with zero attached hydrogens (tertiary/aromatic N) is 2. The Hall–Kier alpha value is -3.45. The average molecular weight is 470 g/mol. The van der Waals surface area contributed by atoms with Crippen LogP contribution in [0, 0.1) is 5.92 Å². The summed E-state index contributed by atoms with van der Waals surface area (Å²) < 4.78 is 7.37. The zero-order chi connectivity index (χ0) is 23.8. The lowest BCUT2D eigenvalue weighted by molar-refractivity contribution is -0.130. The van der Waals surface area contributed by atoms with Gasteiger partial charge in [-0.2, -0.15) is 0 Å². The van der Waals surface area contributed by atoms with Crippen molar-refractivity contribution >= 4 is 16.8 Å². The number of hydrogen-bond donors (Lipinski definition) is 2. The SMILES string of the molecule is C=C1Cc2cc3n(c(=O)c2CO1)Cc1c-3nc2ccc3c(c2c1CNC(=O)C(O)C1CC1)CCC3. The first-order valence-corrected chi connectivity index (χ1v) is 12.5. The number of pyridine rings is 2. The monoisotopic (exact) mass is 469 g/mol. The van der Waals surface area contributed by atoms with E-state index >= 15 is 0 Å². The second-order valence-corrected chi connectivity index (χ2v) is 10.3. The van der Waals surface area contributed by atoms with E-state index in [4.69, 9.17) is 9.72 Å². The molecule has 7 heteroatoms. The number of aromatic nitrogens is 2. The molecule has 7 rings (SSSR count). The van der Waals surface area contributed by atoms with Gasteiger partial charge in [0, 0.05) is 23.9 Å². The molecule has 0 saturated heterocycles. The molecule has 2 aromatic heterocycles. The third-order valence-corrected chi connectivity index (χ3v) is 8.08. The van der Waals surface area contributed by atoms with Gasteiger partial charge in [-0.05, 0) is 72.4 Å². The second kappa shape index (κ2) is 7.52. The fourth-order valence-corrected chi connectivity index (χ4v) is 6.05. The van der Waals surface area contributed by atoms with E-state index in [1.807, 2.05) is 0 Å². The van der Waals surface area contributed by atoms with Crippen molar-refractivity contribution < 1.29 is 14.6 Å². The summed E-state index contributed by atoms with van der Waals surface area (Å²) in [4.78, 5) is 31.2. The Morgan fingerprint density at radius 1 is 1.23 bits per heavy atom. The van der Waals surface area contributed by atoms with Crippen LogP contribution in [0.1, 0.15) is 52.6 Å². The number of benzene rings is 1. The molecule has 1 saturated carbocycles. The third-order valence-electron chi connectivity index (χ3n) is 8.08. The van der Waals surface area contributed by atoms with Crippen molar-refractivity contribution in [3.05, 3.63) is 74.3 Å². The highest BCUT2D eigenvalue weighted by Gasteiger charge is 2.35. The van der Waals surface area contributed by atoms with Gasteiger partial charge >= 0.3 is 0 Å². The summed E-state index contributed by atoms with van der Waals surface area (Å²) in [5.41, 5.74) is 8.73. The Morgan fingerprint density at radius 2 is 2.09 bits per heavy atom. The van der Waals surface area contributed by atoms with Crippen LogP contribution in [0.4, 0.5) is 0 Å². The number of carbonyl (C=O) groups is 1. The van der Waals surface area contributed by atoms with Crippen LogP contribution in [-0.4, -0.2) is 26.7 Å². The van der Waals surface area contributed by atoms with E-state index < -0.39 is 6.10 Å². The first-order valence-electron chi connectivity index (χ1n) is 12.5. The predicted octanol–water partition coefficient (Wildman–Crippen LogP) is 2.89. The lowest BCUT2D eigenvalue weighted by Crippen LogP contribution is -2.35. The minimum atomic E-state index is -0.957. The van der Waals surface area contributed by atoms with Crippen molar-refractivity contribution in [3.63, 3.8) is 0 Å². The molecular formula is C28H27N3O4. The van der Waals surface area contributed by atoms with E-state index in [1.54, 1.807) is 4.57 Å². The number of rotatable bonds is 4. The van der Waals surface area contributed by atoms with E-state index in [2.05, 4.69) is 30.1 Å². The zero-order valence-electron chi connectivity index (χ0n) is 19.5. The normalized spacial score (nSPS) is 18.5. The number of aliphatic hydroxyl groups excluding tert-OH is 1. The summed E-state index contributed by atoms with van der Waals surface area (Å²) in [5.74, 6) is 0.419. The van der Waals surface area contributed by atoms with Gasteiger partial charge in [-0.15, -0.1) is 0 Å². The Kier molecular flexibility index (Phi) is 4.49. The van der Waals surface area contributed by atoms with Crippen molar-refractivity contribution in [2.45, 2.75) is 64.3 Å². The minimum absolute atomic E-state index is 0.0450. The molecule has 7 nitrogen and oxygen atoms in total. The molecule has 1 aromatic carbocycles. The lowest BCUT2D eigenvalue weighted by atomic mass is 9.94. The maximum Gasteiger partial charge on any atom is 0.258 e. The van der Waals surface area contributed by atoms with Crippen molar-refractivity contribution in [3.8, 4) is 11.4 Å². The topological polar surface area (TPSA) is 93.5 Å². The summed E-state index contributed by atoms with van der Waals surface area (Å²) in [5, 5.41) is 14.4. The Bertz CT molecular complexity index is 1520. The molecule has 2 aliphatic heterocycles. The molecule has 3 aromatic rings. The predicted molar refractivity (Wildman–Crippen MR) is 131 cm³/mol. The van der Waals surface area contributed by atoms with Gasteiger partial charge in [0.05, 0.1) is 34.8 Å². The van der Waals surface area contributed by atoms with Gasteiger partial charge in [-0.1, -0.05) is 12.6 Å². The number of allylic oxidation sites excluding steroid dienone is 1. The molecule has 1 unspecified atom stereocenters. The molecule has 0 spiro atoms.